The van der Waals surface area contributed by atoms with Gasteiger partial charge in [-0.2, -0.15) is 13.2 Å². The minimum Gasteiger partial charge on any atom is -0.510 e. The molecule has 1 saturated carbocycles. The number of aromatic hydroxyl groups is 1. The maximum atomic E-state index is 14.0. The van der Waals surface area contributed by atoms with Crippen LogP contribution in [-0.4, -0.2) is 96.1 Å². The van der Waals surface area contributed by atoms with Gasteiger partial charge in [0.25, 0.3) is 5.91 Å². The highest BCUT2D eigenvalue weighted by Crippen LogP contribution is 2.52. The summed E-state index contributed by atoms with van der Waals surface area (Å²) in [5.74, 6) is -7.86. The van der Waals surface area contributed by atoms with Crippen LogP contribution >= 0.6 is 0 Å². The van der Waals surface area contributed by atoms with E-state index in [4.69, 9.17) is 5.73 Å². The molecule has 234 valence electrons. The molecule has 43 heavy (non-hydrogen) atoms. The molecule has 13 heteroatoms. The minimum atomic E-state index is -4.25. The molecule has 1 heterocycles. The summed E-state index contributed by atoms with van der Waals surface area (Å²) in [6.45, 7) is 0.517. The SMILES string of the molecule is CN(C)c1cc(CN2CCC(C(F)(F)F)CC2)c(O)c2c1CC1CC3C(C(=O)C(C(N)=O)=C(O)[C@H]3N(C)C)C(=O)C1=C2O. The van der Waals surface area contributed by atoms with Crippen molar-refractivity contribution in [3.8, 4) is 5.75 Å². The van der Waals surface area contributed by atoms with Crippen molar-refractivity contribution in [1.29, 1.82) is 0 Å². The van der Waals surface area contributed by atoms with E-state index in [1.165, 1.54) is 0 Å². The predicted octanol–water partition coefficient (Wildman–Crippen LogP) is 2.69. The Balaban J connectivity index is 1.56. The number of primary amides is 1. The molecule has 1 aromatic rings. The summed E-state index contributed by atoms with van der Waals surface area (Å²) in [6, 6.07) is 0.931. The van der Waals surface area contributed by atoms with Crippen molar-refractivity contribution in [3.05, 3.63) is 39.7 Å². The smallest absolute Gasteiger partial charge is 0.391 e. The molecule has 0 aromatic heterocycles. The van der Waals surface area contributed by atoms with Crippen LogP contribution in [0.4, 0.5) is 18.9 Å². The highest BCUT2D eigenvalue weighted by molar-refractivity contribution is 6.28. The number of ketones is 2. The molecule has 3 aliphatic carbocycles. The number of benzene rings is 1. The molecule has 0 bridgehead atoms. The van der Waals surface area contributed by atoms with Crippen LogP contribution in [0, 0.1) is 23.7 Å². The topological polar surface area (TPSA) is 148 Å². The lowest BCUT2D eigenvalue weighted by molar-refractivity contribution is -0.185. The number of halogens is 3. The Labute approximate surface area is 247 Å². The Morgan fingerprint density at radius 2 is 1.70 bits per heavy atom. The van der Waals surface area contributed by atoms with Crippen molar-refractivity contribution in [2.75, 3.05) is 46.2 Å². The highest BCUT2D eigenvalue weighted by atomic mass is 19.4. The molecule has 0 radical (unpaired) electrons. The Morgan fingerprint density at radius 3 is 2.23 bits per heavy atom. The zero-order valence-corrected chi connectivity index (χ0v) is 24.5. The Hall–Kier alpha value is -3.58. The number of carbonyl (C=O) groups is 3. The number of hydrogen-bond acceptors (Lipinski definition) is 9. The van der Waals surface area contributed by atoms with Crippen LogP contribution in [0.25, 0.3) is 5.76 Å². The summed E-state index contributed by atoms with van der Waals surface area (Å²) < 4.78 is 39.6. The summed E-state index contributed by atoms with van der Waals surface area (Å²) in [4.78, 5) is 44.8. The van der Waals surface area contributed by atoms with Gasteiger partial charge in [-0.3, -0.25) is 24.2 Å². The largest absolute Gasteiger partial charge is 0.510 e. The molecule has 1 saturated heterocycles. The van der Waals surface area contributed by atoms with Gasteiger partial charge in [-0.25, -0.2) is 0 Å². The van der Waals surface area contributed by atoms with Crippen LogP contribution in [0.2, 0.25) is 0 Å². The van der Waals surface area contributed by atoms with Crippen molar-refractivity contribution in [3.63, 3.8) is 0 Å². The molecule has 0 spiro atoms. The predicted molar refractivity (Wildman–Crippen MR) is 151 cm³/mol. The number of nitrogens with two attached hydrogens (primary N) is 1. The second-order valence-electron chi connectivity index (χ2n) is 12.5. The number of carbonyl (C=O) groups excluding carboxylic acids is 3. The summed E-state index contributed by atoms with van der Waals surface area (Å²) >= 11 is 0. The van der Waals surface area contributed by atoms with Gasteiger partial charge >= 0.3 is 6.18 Å². The van der Waals surface area contributed by atoms with Gasteiger partial charge in [0.1, 0.15) is 22.8 Å². The van der Waals surface area contributed by atoms with Crippen LogP contribution in [-0.2, 0) is 27.3 Å². The number of phenols is 1. The number of hydrogen-bond donors (Lipinski definition) is 4. The van der Waals surface area contributed by atoms with E-state index in [0.29, 0.717) is 16.8 Å². The van der Waals surface area contributed by atoms with Crippen LogP contribution in [0.1, 0.15) is 36.0 Å². The van der Waals surface area contributed by atoms with E-state index in [-0.39, 0.29) is 62.2 Å². The molecule has 1 aliphatic heterocycles. The van der Waals surface area contributed by atoms with Crippen molar-refractivity contribution in [2.45, 2.75) is 44.4 Å². The maximum Gasteiger partial charge on any atom is 0.391 e. The molecular weight excluding hydrogens is 569 g/mol. The van der Waals surface area contributed by atoms with Crippen molar-refractivity contribution >= 4 is 28.9 Å². The number of alkyl halides is 3. The van der Waals surface area contributed by atoms with E-state index < -0.39 is 70.5 Å². The van der Waals surface area contributed by atoms with Crippen LogP contribution in [0.3, 0.4) is 0 Å². The van der Waals surface area contributed by atoms with Gasteiger partial charge in [-0.1, -0.05) is 0 Å². The summed E-state index contributed by atoms with van der Waals surface area (Å²) in [6.07, 6.45) is -3.86. The number of piperidine rings is 1. The van der Waals surface area contributed by atoms with E-state index in [1.54, 1.807) is 39.2 Å². The molecule has 5 rings (SSSR count). The lowest BCUT2D eigenvalue weighted by Crippen LogP contribution is -2.55. The fourth-order valence-corrected chi connectivity index (χ4v) is 7.55. The normalized spacial score (nSPS) is 26.9. The van der Waals surface area contributed by atoms with E-state index >= 15 is 0 Å². The maximum absolute atomic E-state index is 14.0. The molecule has 10 nitrogen and oxygen atoms in total. The fourth-order valence-electron chi connectivity index (χ4n) is 7.55. The molecular formula is C30H37F3N4O6. The van der Waals surface area contributed by atoms with Crippen LogP contribution in [0.15, 0.2) is 23.0 Å². The van der Waals surface area contributed by atoms with E-state index in [2.05, 4.69) is 0 Å². The zero-order chi connectivity index (χ0) is 31.7. The Bertz CT molecular complexity index is 1440. The first-order chi connectivity index (χ1) is 20.0. The van der Waals surface area contributed by atoms with Gasteiger partial charge in [0, 0.05) is 37.5 Å². The molecule has 1 amide bonds. The summed E-state index contributed by atoms with van der Waals surface area (Å²) in [7, 11) is 6.90. The standard InChI is InChI=1S/C30H37F3N4O6/c1-35(2)18-11-14(12-37-7-5-15(6-8-37)30(31,32)33)24(38)20-16(18)9-13-10-17-21(26(40)19(13)25(20)39)27(41)22(29(34)43)28(42)23(17)36(3)4/h11,13,15,17,21,23,38-39,42H,5-10,12H2,1-4H3,(H2,34,43)/t13?,17?,21?,23-/m0/s1. The third-order valence-corrected chi connectivity index (χ3v) is 9.55. The number of likely N-dealkylation sites (tertiary alicyclic amines) is 1. The van der Waals surface area contributed by atoms with Gasteiger partial charge in [0.15, 0.2) is 11.6 Å². The first-order valence-corrected chi connectivity index (χ1v) is 14.3. The number of anilines is 1. The lowest BCUT2D eigenvalue weighted by atomic mass is 9.59. The Morgan fingerprint density at radius 1 is 1.07 bits per heavy atom. The molecule has 2 fully saturated rings. The number of phenolic OH excluding ortho intramolecular Hbond substituents is 1. The molecule has 1 aromatic carbocycles. The number of aliphatic hydroxyl groups is 2. The molecule has 5 N–H and O–H groups in total. The lowest BCUT2D eigenvalue weighted by Gasteiger charge is -2.46. The summed E-state index contributed by atoms with van der Waals surface area (Å²) in [5, 5.41) is 33.9. The first kappa shape index (κ1) is 30.9. The van der Waals surface area contributed by atoms with Crippen molar-refractivity contribution in [1.82, 2.24) is 9.80 Å². The van der Waals surface area contributed by atoms with Gasteiger partial charge in [0.05, 0.1) is 23.4 Å². The number of amides is 1. The van der Waals surface area contributed by atoms with Gasteiger partial charge in [-0.15, -0.1) is 0 Å². The number of allylic oxidation sites excluding steroid dienone is 1. The monoisotopic (exact) mass is 606 g/mol. The zero-order valence-electron chi connectivity index (χ0n) is 24.5. The average Bonchev–Trinajstić information content (AvgIpc) is 2.89. The number of likely N-dealkylation sites (N-methyl/N-ethyl adjacent to an activating group) is 1. The second kappa shape index (κ2) is 10.8. The van der Waals surface area contributed by atoms with Gasteiger partial charge < -0.3 is 26.0 Å². The molecule has 4 aliphatic rings. The third-order valence-electron chi connectivity index (χ3n) is 9.55. The van der Waals surface area contributed by atoms with E-state index in [9.17, 15) is 42.9 Å². The quantitative estimate of drug-likeness (QED) is 0.293. The van der Waals surface area contributed by atoms with Crippen LogP contribution in [0.5, 0.6) is 5.75 Å². The second-order valence-corrected chi connectivity index (χ2v) is 12.5. The Kier molecular flexibility index (Phi) is 7.79. The van der Waals surface area contributed by atoms with E-state index in [1.807, 2.05) is 9.80 Å². The van der Waals surface area contributed by atoms with Crippen molar-refractivity contribution in [2.24, 2.45) is 29.4 Å². The molecule has 4 atom stereocenters. The number of aliphatic hydroxyl groups excluding tert-OH is 2. The fraction of sp³-hybridized carbons (Fsp3) is 0.567. The van der Waals surface area contributed by atoms with Crippen molar-refractivity contribution < 1.29 is 42.9 Å². The highest BCUT2D eigenvalue weighted by Gasteiger charge is 2.56. The number of rotatable bonds is 5. The number of fused-ring (bicyclic) bond motifs is 3. The van der Waals surface area contributed by atoms with Gasteiger partial charge in [0.2, 0.25) is 0 Å². The van der Waals surface area contributed by atoms with Gasteiger partial charge in [-0.05, 0) is 76.3 Å². The minimum absolute atomic E-state index is 0.0204. The third kappa shape index (κ3) is 5.05. The van der Waals surface area contributed by atoms with E-state index in [0.717, 1.165) is 0 Å². The average molecular weight is 607 g/mol. The number of nitrogens with zero attached hydrogens (tertiary/aromatic N) is 3. The van der Waals surface area contributed by atoms with Crippen LogP contribution < -0.4 is 10.6 Å². The summed E-state index contributed by atoms with van der Waals surface area (Å²) in [5.41, 5.74) is 6.50. The molecule has 3 unspecified atom stereocenters. The first-order valence-electron chi connectivity index (χ1n) is 14.3. The number of Topliss-reactive ketones (excluding diaryl/α,β-unsaturated/α-hetero) is 2.